The van der Waals surface area contributed by atoms with Gasteiger partial charge in [0.15, 0.2) is 0 Å². The molecule has 2 rings (SSSR count). The summed E-state index contributed by atoms with van der Waals surface area (Å²) in [5.41, 5.74) is 1.14. The van der Waals surface area contributed by atoms with E-state index in [0.717, 1.165) is 11.3 Å². The maximum atomic E-state index is 5.57. The Morgan fingerprint density at radius 2 is 2.06 bits per heavy atom. The molecule has 0 unspecified atom stereocenters. The molecule has 1 aromatic carbocycles. The summed E-state index contributed by atoms with van der Waals surface area (Å²) in [5, 5.41) is 1.72. The van der Waals surface area contributed by atoms with Crippen LogP contribution in [-0.2, 0) is 18.0 Å². The number of hydroxylamine groups is 2. The Morgan fingerprint density at radius 1 is 1.29 bits per heavy atom. The van der Waals surface area contributed by atoms with E-state index in [2.05, 4.69) is 4.98 Å². The fourth-order valence-corrected chi connectivity index (χ4v) is 1.47. The molecule has 0 atom stereocenters. The third kappa shape index (κ3) is 3.69. The predicted molar refractivity (Wildman–Crippen MR) is 63.9 cm³/mol. The molecule has 1 heterocycles. The van der Waals surface area contributed by atoms with Crippen LogP contribution >= 0.6 is 0 Å². The van der Waals surface area contributed by atoms with Crippen LogP contribution in [0.25, 0.3) is 0 Å². The van der Waals surface area contributed by atoms with Crippen LogP contribution in [0.5, 0.6) is 0 Å². The second kappa shape index (κ2) is 5.61. The highest BCUT2D eigenvalue weighted by Gasteiger charge is 2.05. The summed E-state index contributed by atoms with van der Waals surface area (Å²) >= 11 is 0. The van der Waals surface area contributed by atoms with Crippen LogP contribution in [0.1, 0.15) is 17.2 Å². The quantitative estimate of drug-likeness (QED) is 0.742. The van der Waals surface area contributed by atoms with Gasteiger partial charge in [-0.3, -0.25) is 4.84 Å². The van der Waals surface area contributed by atoms with E-state index in [9.17, 15) is 0 Å². The average molecular weight is 232 g/mol. The molecule has 1 aromatic heterocycles. The molecule has 0 saturated carbocycles. The molecule has 2 aromatic rings. The standard InChI is InChI=1S/C13H16N2O2/c1-11-8-14-13(17-11)9-15(2)16-10-12-6-4-3-5-7-12/h3-8H,9-10H2,1-2H3. The Morgan fingerprint density at radius 3 is 2.71 bits per heavy atom. The fraction of sp³-hybridized carbons (Fsp3) is 0.308. The third-order valence-electron chi connectivity index (χ3n) is 2.32. The van der Waals surface area contributed by atoms with Crippen molar-refractivity contribution in [3.8, 4) is 0 Å². The average Bonchev–Trinajstić information content (AvgIpc) is 2.73. The van der Waals surface area contributed by atoms with Crippen molar-refractivity contribution in [2.45, 2.75) is 20.1 Å². The zero-order chi connectivity index (χ0) is 12.1. The van der Waals surface area contributed by atoms with Gasteiger partial charge in [-0.1, -0.05) is 30.3 Å². The number of hydrogen-bond acceptors (Lipinski definition) is 4. The van der Waals surface area contributed by atoms with Gasteiger partial charge in [-0.25, -0.2) is 4.98 Å². The summed E-state index contributed by atoms with van der Waals surface area (Å²) in [6.07, 6.45) is 1.71. The van der Waals surface area contributed by atoms with Crippen LogP contribution in [0.15, 0.2) is 40.9 Å². The highest BCUT2D eigenvalue weighted by Crippen LogP contribution is 2.07. The Balaban J connectivity index is 1.80. The second-order valence-corrected chi connectivity index (χ2v) is 3.91. The van der Waals surface area contributed by atoms with Crippen LogP contribution in [0.4, 0.5) is 0 Å². The first-order chi connectivity index (χ1) is 8.24. The van der Waals surface area contributed by atoms with Crippen molar-refractivity contribution in [3.63, 3.8) is 0 Å². The highest BCUT2D eigenvalue weighted by atomic mass is 16.7. The highest BCUT2D eigenvalue weighted by molar-refractivity contribution is 5.13. The molecule has 0 radical (unpaired) electrons. The number of nitrogens with zero attached hydrogens (tertiary/aromatic N) is 2. The van der Waals surface area contributed by atoms with Gasteiger partial charge in [0, 0.05) is 7.05 Å². The summed E-state index contributed by atoms with van der Waals surface area (Å²) in [6, 6.07) is 10.0. The van der Waals surface area contributed by atoms with E-state index in [1.807, 2.05) is 44.3 Å². The summed E-state index contributed by atoms with van der Waals surface area (Å²) < 4.78 is 5.37. The topological polar surface area (TPSA) is 38.5 Å². The van der Waals surface area contributed by atoms with Gasteiger partial charge in [0.2, 0.25) is 5.89 Å². The van der Waals surface area contributed by atoms with Gasteiger partial charge in [-0.05, 0) is 12.5 Å². The minimum absolute atomic E-state index is 0.542. The molecule has 0 bridgehead atoms. The van der Waals surface area contributed by atoms with Gasteiger partial charge in [-0.2, -0.15) is 5.06 Å². The first-order valence-electron chi connectivity index (χ1n) is 5.53. The second-order valence-electron chi connectivity index (χ2n) is 3.91. The van der Waals surface area contributed by atoms with Gasteiger partial charge in [0.1, 0.15) is 12.3 Å². The molecule has 0 spiro atoms. The van der Waals surface area contributed by atoms with Crippen molar-refractivity contribution >= 4 is 0 Å². The Kier molecular flexibility index (Phi) is 3.90. The molecule has 0 amide bonds. The van der Waals surface area contributed by atoms with Crippen LogP contribution in [0, 0.1) is 6.92 Å². The molecule has 0 N–H and O–H groups in total. The van der Waals surface area contributed by atoms with Gasteiger partial charge >= 0.3 is 0 Å². The largest absolute Gasteiger partial charge is 0.445 e. The summed E-state index contributed by atoms with van der Waals surface area (Å²) in [4.78, 5) is 9.70. The molecule has 4 nitrogen and oxygen atoms in total. The Labute approximate surface area is 101 Å². The summed E-state index contributed by atoms with van der Waals surface area (Å²) in [5.74, 6) is 1.48. The predicted octanol–water partition coefficient (Wildman–Crippen LogP) is 2.55. The van der Waals surface area contributed by atoms with Crippen molar-refractivity contribution in [1.29, 1.82) is 0 Å². The smallest absolute Gasteiger partial charge is 0.210 e. The van der Waals surface area contributed by atoms with Crippen molar-refractivity contribution in [2.24, 2.45) is 0 Å². The molecule has 0 fully saturated rings. The third-order valence-corrected chi connectivity index (χ3v) is 2.32. The van der Waals surface area contributed by atoms with E-state index in [0.29, 0.717) is 19.0 Å². The minimum atomic E-state index is 0.542. The van der Waals surface area contributed by atoms with E-state index in [1.54, 1.807) is 11.3 Å². The molecule has 0 aliphatic rings. The maximum Gasteiger partial charge on any atom is 0.210 e. The molecule has 17 heavy (non-hydrogen) atoms. The molecular formula is C13H16N2O2. The van der Waals surface area contributed by atoms with Gasteiger partial charge < -0.3 is 4.42 Å². The number of aryl methyl sites for hydroxylation is 1. The van der Waals surface area contributed by atoms with Crippen LogP contribution in [0.3, 0.4) is 0 Å². The Hall–Kier alpha value is -1.65. The van der Waals surface area contributed by atoms with Crippen LogP contribution in [0.2, 0.25) is 0 Å². The van der Waals surface area contributed by atoms with Crippen molar-refractivity contribution < 1.29 is 9.25 Å². The number of benzene rings is 1. The molecular weight excluding hydrogens is 216 g/mol. The van der Waals surface area contributed by atoms with Gasteiger partial charge in [0.05, 0.1) is 12.8 Å². The number of hydrogen-bond donors (Lipinski definition) is 0. The molecule has 0 aliphatic carbocycles. The zero-order valence-electron chi connectivity index (χ0n) is 10.1. The lowest BCUT2D eigenvalue weighted by Gasteiger charge is -2.14. The first-order valence-corrected chi connectivity index (χ1v) is 5.53. The van der Waals surface area contributed by atoms with Gasteiger partial charge in [0.25, 0.3) is 0 Å². The lowest BCUT2D eigenvalue weighted by atomic mass is 10.2. The number of aromatic nitrogens is 1. The fourth-order valence-electron chi connectivity index (χ4n) is 1.47. The van der Waals surface area contributed by atoms with E-state index in [1.165, 1.54) is 0 Å². The van der Waals surface area contributed by atoms with E-state index >= 15 is 0 Å². The minimum Gasteiger partial charge on any atom is -0.445 e. The van der Waals surface area contributed by atoms with Crippen molar-refractivity contribution in [3.05, 3.63) is 53.7 Å². The summed E-state index contributed by atoms with van der Waals surface area (Å²) in [6.45, 7) is 2.97. The van der Waals surface area contributed by atoms with Crippen molar-refractivity contribution in [2.75, 3.05) is 7.05 Å². The van der Waals surface area contributed by atoms with Crippen LogP contribution < -0.4 is 0 Å². The van der Waals surface area contributed by atoms with E-state index in [-0.39, 0.29) is 0 Å². The zero-order valence-corrected chi connectivity index (χ0v) is 10.1. The molecule has 4 heteroatoms. The summed E-state index contributed by atoms with van der Waals surface area (Å²) in [7, 11) is 1.86. The first kappa shape index (κ1) is 11.8. The Bertz CT molecular complexity index is 453. The van der Waals surface area contributed by atoms with Gasteiger partial charge in [-0.15, -0.1) is 0 Å². The molecule has 90 valence electrons. The van der Waals surface area contributed by atoms with E-state index in [4.69, 9.17) is 9.25 Å². The molecule has 0 saturated heterocycles. The number of rotatable bonds is 5. The van der Waals surface area contributed by atoms with Crippen LogP contribution in [-0.4, -0.2) is 17.1 Å². The SMILES string of the molecule is Cc1cnc(CN(C)OCc2ccccc2)o1. The lowest BCUT2D eigenvalue weighted by Crippen LogP contribution is -2.18. The molecule has 0 aliphatic heterocycles. The van der Waals surface area contributed by atoms with E-state index < -0.39 is 0 Å². The lowest BCUT2D eigenvalue weighted by molar-refractivity contribution is -0.161. The monoisotopic (exact) mass is 232 g/mol. The maximum absolute atomic E-state index is 5.57. The normalized spacial score (nSPS) is 11.0. The van der Waals surface area contributed by atoms with Crippen molar-refractivity contribution in [1.82, 2.24) is 10.0 Å². The number of oxazole rings is 1.